The van der Waals surface area contributed by atoms with E-state index < -0.39 is 11.5 Å². The van der Waals surface area contributed by atoms with Gasteiger partial charge in [0.05, 0.1) is 6.20 Å². The van der Waals surface area contributed by atoms with Crippen molar-refractivity contribution in [2.75, 3.05) is 0 Å². The van der Waals surface area contributed by atoms with E-state index in [2.05, 4.69) is 15.2 Å². The molecule has 0 bridgehead atoms. The summed E-state index contributed by atoms with van der Waals surface area (Å²) in [5, 5.41) is 14.6. The molecule has 6 heteroatoms. The summed E-state index contributed by atoms with van der Waals surface area (Å²) < 4.78 is 0. The molecule has 16 heavy (non-hydrogen) atoms. The number of aromatic nitrogens is 3. The van der Waals surface area contributed by atoms with Gasteiger partial charge in [-0.2, -0.15) is 5.10 Å². The molecule has 0 spiro atoms. The van der Waals surface area contributed by atoms with Crippen LogP contribution in [0.25, 0.3) is 11.1 Å². The molecule has 0 aliphatic rings. The second-order valence-electron chi connectivity index (χ2n) is 3.03. The summed E-state index contributed by atoms with van der Waals surface area (Å²) in [5.74, 6) is -1.28. The Morgan fingerprint density at radius 2 is 2.00 bits per heavy atom. The van der Waals surface area contributed by atoms with Gasteiger partial charge in [0.15, 0.2) is 0 Å². The van der Waals surface area contributed by atoms with Gasteiger partial charge in [0, 0.05) is 18.0 Å². The summed E-state index contributed by atoms with van der Waals surface area (Å²) in [4.78, 5) is 26.1. The van der Waals surface area contributed by atoms with E-state index in [4.69, 9.17) is 5.11 Å². The largest absolute Gasteiger partial charge is 0.477 e. The predicted octanol–water partition coefficient (Wildman–Crippen LogP) is 0.530. The average molecular weight is 217 g/mol. The molecular formula is C10H7N3O3. The lowest BCUT2D eigenvalue weighted by atomic mass is 10.0. The normalized spacial score (nSPS) is 10.0. The van der Waals surface area contributed by atoms with Crippen LogP contribution in [0.4, 0.5) is 0 Å². The maximum atomic E-state index is 11.3. The highest BCUT2D eigenvalue weighted by molar-refractivity contribution is 5.95. The number of aromatic carboxylic acids is 1. The fraction of sp³-hybridized carbons (Fsp3) is 0. The zero-order chi connectivity index (χ0) is 11.5. The van der Waals surface area contributed by atoms with Crippen molar-refractivity contribution in [2.45, 2.75) is 0 Å². The number of hydrogen-bond acceptors (Lipinski definition) is 4. The second-order valence-corrected chi connectivity index (χ2v) is 3.03. The van der Waals surface area contributed by atoms with Gasteiger partial charge >= 0.3 is 5.97 Å². The van der Waals surface area contributed by atoms with Crippen LogP contribution in [0.5, 0.6) is 0 Å². The zero-order valence-electron chi connectivity index (χ0n) is 8.04. The highest BCUT2D eigenvalue weighted by Crippen LogP contribution is 2.18. The molecule has 0 aliphatic heterocycles. The quantitative estimate of drug-likeness (QED) is 0.764. The number of carbonyl (C=O) groups is 1. The molecule has 0 radical (unpaired) electrons. The molecule has 80 valence electrons. The van der Waals surface area contributed by atoms with Crippen molar-refractivity contribution >= 4 is 5.97 Å². The molecule has 0 aromatic carbocycles. The first-order valence-corrected chi connectivity index (χ1v) is 4.41. The number of H-pyrrole nitrogens is 1. The van der Waals surface area contributed by atoms with Crippen LogP contribution in [0.2, 0.25) is 0 Å². The van der Waals surface area contributed by atoms with E-state index in [9.17, 15) is 9.59 Å². The van der Waals surface area contributed by atoms with Crippen LogP contribution in [-0.2, 0) is 0 Å². The summed E-state index contributed by atoms with van der Waals surface area (Å²) in [5.41, 5.74) is -0.173. The summed E-state index contributed by atoms with van der Waals surface area (Å²) in [6, 6.07) is 3.23. The predicted molar refractivity (Wildman–Crippen MR) is 55.0 cm³/mol. The van der Waals surface area contributed by atoms with Crippen LogP contribution >= 0.6 is 0 Å². The van der Waals surface area contributed by atoms with Gasteiger partial charge in [0.25, 0.3) is 5.56 Å². The minimum absolute atomic E-state index is 0.277. The topological polar surface area (TPSA) is 95.9 Å². The highest BCUT2D eigenvalue weighted by atomic mass is 16.4. The van der Waals surface area contributed by atoms with Gasteiger partial charge in [0.1, 0.15) is 5.56 Å². The maximum Gasteiger partial charge on any atom is 0.342 e. The average Bonchev–Trinajstić information content (AvgIpc) is 2.29. The van der Waals surface area contributed by atoms with Gasteiger partial charge in [-0.1, -0.05) is 0 Å². The smallest absolute Gasteiger partial charge is 0.342 e. The first kappa shape index (κ1) is 10.0. The van der Waals surface area contributed by atoms with E-state index in [1.807, 2.05) is 0 Å². The zero-order valence-corrected chi connectivity index (χ0v) is 8.04. The van der Waals surface area contributed by atoms with E-state index in [0.717, 1.165) is 0 Å². The Morgan fingerprint density at radius 1 is 1.31 bits per heavy atom. The summed E-state index contributed by atoms with van der Waals surface area (Å²) in [6.07, 6.45) is 4.34. The van der Waals surface area contributed by atoms with Gasteiger partial charge in [-0.15, -0.1) is 0 Å². The number of nitrogens with one attached hydrogen (secondary N) is 1. The van der Waals surface area contributed by atoms with Crippen LogP contribution in [0, 0.1) is 0 Å². The Labute approximate surface area is 89.6 Å². The number of aromatic amines is 1. The van der Waals surface area contributed by atoms with Gasteiger partial charge in [-0.05, 0) is 17.7 Å². The third-order valence-corrected chi connectivity index (χ3v) is 2.06. The van der Waals surface area contributed by atoms with Crippen LogP contribution in [0.3, 0.4) is 0 Å². The minimum atomic E-state index is -1.28. The lowest BCUT2D eigenvalue weighted by molar-refractivity contribution is 0.0695. The number of rotatable bonds is 2. The lowest BCUT2D eigenvalue weighted by Gasteiger charge is -2.03. The van der Waals surface area contributed by atoms with E-state index >= 15 is 0 Å². The van der Waals surface area contributed by atoms with Crippen molar-refractivity contribution < 1.29 is 9.90 Å². The van der Waals surface area contributed by atoms with Crippen molar-refractivity contribution in [1.29, 1.82) is 0 Å². The van der Waals surface area contributed by atoms with E-state index in [1.165, 1.54) is 18.6 Å². The molecule has 0 fully saturated rings. The SMILES string of the molecule is O=C(O)c1c(-c2ccncc2)cn[nH]c1=O. The number of hydrogen-bond donors (Lipinski definition) is 2. The molecule has 0 atom stereocenters. The van der Waals surface area contributed by atoms with Crippen molar-refractivity contribution in [3.8, 4) is 11.1 Å². The van der Waals surface area contributed by atoms with Crippen molar-refractivity contribution in [3.63, 3.8) is 0 Å². The van der Waals surface area contributed by atoms with Gasteiger partial charge in [-0.25, -0.2) is 9.89 Å². The van der Waals surface area contributed by atoms with Crippen molar-refractivity contribution in [3.05, 3.63) is 46.6 Å². The van der Waals surface area contributed by atoms with Crippen LogP contribution in [0.1, 0.15) is 10.4 Å². The Balaban J connectivity index is 2.71. The molecule has 0 amide bonds. The number of carboxylic acid groups (broad SMARTS) is 1. The van der Waals surface area contributed by atoms with Crippen LogP contribution in [-0.4, -0.2) is 26.3 Å². The Hall–Kier alpha value is -2.50. The second kappa shape index (κ2) is 3.93. The van der Waals surface area contributed by atoms with Gasteiger partial charge < -0.3 is 5.11 Å². The van der Waals surface area contributed by atoms with Crippen LogP contribution < -0.4 is 5.56 Å². The van der Waals surface area contributed by atoms with Gasteiger partial charge in [0.2, 0.25) is 0 Å². The molecule has 0 saturated heterocycles. The van der Waals surface area contributed by atoms with Crippen molar-refractivity contribution in [1.82, 2.24) is 15.2 Å². The monoisotopic (exact) mass is 217 g/mol. The molecule has 2 rings (SSSR count). The fourth-order valence-corrected chi connectivity index (χ4v) is 1.36. The first-order chi connectivity index (χ1) is 7.70. The molecule has 2 aromatic rings. The summed E-state index contributed by atoms with van der Waals surface area (Å²) >= 11 is 0. The van der Waals surface area contributed by atoms with Gasteiger partial charge in [-0.3, -0.25) is 9.78 Å². The third-order valence-electron chi connectivity index (χ3n) is 2.06. The molecular weight excluding hydrogens is 210 g/mol. The Bertz CT molecular complexity index is 577. The number of carboxylic acids is 1. The first-order valence-electron chi connectivity index (χ1n) is 4.41. The fourth-order valence-electron chi connectivity index (χ4n) is 1.36. The maximum absolute atomic E-state index is 11.3. The molecule has 2 heterocycles. The number of pyridine rings is 1. The standard InChI is InChI=1S/C10H7N3O3/c14-9-8(10(15)16)7(5-12-13-9)6-1-3-11-4-2-6/h1-5H,(H,13,14)(H,15,16). The summed E-state index contributed by atoms with van der Waals surface area (Å²) in [7, 11) is 0. The molecule has 0 aliphatic carbocycles. The molecule has 2 aromatic heterocycles. The highest BCUT2D eigenvalue weighted by Gasteiger charge is 2.16. The molecule has 0 saturated carbocycles. The Kier molecular flexibility index (Phi) is 2.47. The third kappa shape index (κ3) is 1.68. The molecule has 6 nitrogen and oxygen atoms in total. The Morgan fingerprint density at radius 3 is 2.62 bits per heavy atom. The lowest BCUT2D eigenvalue weighted by Crippen LogP contribution is -2.19. The van der Waals surface area contributed by atoms with E-state index in [-0.39, 0.29) is 11.1 Å². The van der Waals surface area contributed by atoms with E-state index in [1.54, 1.807) is 12.1 Å². The molecule has 2 N–H and O–H groups in total. The summed E-state index contributed by atoms with van der Waals surface area (Å²) in [6.45, 7) is 0. The number of nitrogens with zero attached hydrogens (tertiary/aromatic N) is 2. The minimum Gasteiger partial charge on any atom is -0.477 e. The van der Waals surface area contributed by atoms with E-state index in [0.29, 0.717) is 5.56 Å². The van der Waals surface area contributed by atoms with Crippen LogP contribution in [0.15, 0.2) is 35.5 Å². The van der Waals surface area contributed by atoms with Crippen molar-refractivity contribution in [2.24, 2.45) is 0 Å². The molecule has 0 unspecified atom stereocenters.